The van der Waals surface area contributed by atoms with Crippen molar-refractivity contribution in [2.24, 2.45) is 17.2 Å². The Balaban J connectivity index is 3.00. The van der Waals surface area contributed by atoms with Crippen LogP contribution in [0.4, 0.5) is 0 Å². The number of benzene rings is 1. The van der Waals surface area contributed by atoms with Gasteiger partial charge in [0.25, 0.3) is 0 Å². The second kappa shape index (κ2) is 16.2. The largest absolute Gasteiger partial charge is 0.508 e. The number of hydrogen-bond acceptors (Lipinski definition) is 9. The molecular formula is C24H38N6O8. The Morgan fingerprint density at radius 3 is 1.97 bits per heavy atom. The highest BCUT2D eigenvalue weighted by molar-refractivity contribution is 5.94. The van der Waals surface area contributed by atoms with E-state index in [0.717, 1.165) is 0 Å². The monoisotopic (exact) mass is 538 g/mol. The number of aromatic hydroxyl groups is 1. The van der Waals surface area contributed by atoms with E-state index in [4.69, 9.17) is 17.2 Å². The Hall–Kier alpha value is -3.75. The van der Waals surface area contributed by atoms with Gasteiger partial charge in [-0.1, -0.05) is 12.1 Å². The number of carbonyl (C=O) groups excluding carboxylic acids is 4. The van der Waals surface area contributed by atoms with Crippen LogP contribution < -0.4 is 33.2 Å². The summed E-state index contributed by atoms with van der Waals surface area (Å²) < 4.78 is 0. The van der Waals surface area contributed by atoms with Crippen molar-refractivity contribution in [1.82, 2.24) is 16.0 Å². The molecule has 0 saturated carbocycles. The lowest BCUT2D eigenvalue weighted by molar-refractivity contribution is -0.145. The van der Waals surface area contributed by atoms with Gasteiger partial charge in [-0.05, 0) is 63.3 Å². The molecule has 0 heterocycles. The maximum Gasteiger partial charge on any atom is 0.328 e. The highest BCUT2D eigenvalue weighted by Crippen LogP contribution is 2.11. The Morgan fingerprint density at radius 1 is 0.895 bits per heavy atom. The van der Waals surface area contributed by atoms with Crippen molar-refractivity contribution in [3.63, 3.8) is 0 Å². The summed E-state index contributed by atoms with van der Waals surface area (Å²) in [6.07, 6.45) is -0.681. The number of nitrogens with one attached hydrogen (secondary N) is 3. The molecule has 0 spiro atoms. The summed E-state index contributed by atoms with van der Waals surface area (Å²) in [7, 11) is 0. The lowest BCUT2D eigenvalue weighted by Crippen LogP contribution is -2.58. The summed E-state index contributed by atoms with van der Waals surface area (Å²) in [4.78, 5) is 61.3. The molecule has 5 unspecified atom stereocenters. The second-order valence-corrected chi connectivity index (χ2v) is 8.95. The number of phenols is 1. The molecule has 4 amide bonds. The molecule has 0 saturated heterocycles. The van der Waals surface area contributed by atoms with Gasteiger partial charge in [-0.3, -0.25) is 19.2 Å². The zero-order chi connectivity index (χ0) is 28.8. The zero-order valence-electron chi connectivity index (χ0n) is 21.3. The van der Waals surface area contributed by atoms with Gasteiger partial charge in [0.2, 0.25) is 23.6 Å². The summed E-state index contributed by atoms with van der Waals surface area (Å²) in [5.41, 5.74) is 17.4. The number of carboxylic acids is 1. The quantitative estimate of drug-likeness (QED) is 0.0947. The number of amides is 4. The fraction of sp³-hybridized carbons (Fsp3) is 0.542. The van der Waals surface area contributed by atoms with Crippen molar-refractivity contribution in [3.05, 3.63) is 29.8 Å². The molecule has 14 heteroatoms. The van der Waals surface area contributed by atoms with Gasteiger partial charge < -0.3 is 48.5 Å². The van der Waals surface area contributed by atoms with E-state index >= 15 is 0 Å². The lowest BCUT2D eigenvalue weighted by atomic mass is 10.0. The first-order valence-electron chi connectivity index (χ1n) is 12.2. The second-order valence-electron chi connectivity index (χ2n) is 8.95. The number of carboxylic acid groups (broad SMARTS) is 1. The van der Waals surface area contributed by atoms with Gasteiger partial charge in [0, 0.05) is 6.42 Å². The third-order valence-electron chi connectivity index (χ3n) is 5.67. The molecule has 0 aliphatic carbocycles. The number of primary amides is 1. The van der Waals surface area contributed by atoms with E-state index in [-0.39, 0.29) is 31.4 Å². The molecule has 0 radical (unpaired) electrons. The van der Waals surface area contributed by atoms with Crippen molar-refractivity contribution in [1.29, 1.82) is 0 Å². The van der Waals surface area contributed by atoms with Crippen LogP contribution >= 0.6 is 0 Å². The van der Waals surface area contributed by atoms with E-state index in [2.05, 4.69) is 16.0 Å². The van der Waals surface area contributed by atoms with Crippen molar-refractivity contribution in [3.8, 4) is 5.75 Å². The van der Waals surface area contributed by atoms with Gasteiger partial charge >= 0.3 is 5.97 Å². The Kier molecular flexibility index (Phi) is 13.7. The molecule has 0 bridgehead atoms. The number of unbranched alkanes of at least 4 members (excludes halogenated alkanes) is 1. The summed E-state index contributed by atoms with van der Waals surface area (Å²) in [5, 5.41) is 35.4. The van der Waals surface area contributed by atoms with Gasteiger partial charge in [0.1, 0.15) is 17.8 Å². The Labute approximate surface area is 220 Å². The van der Waals surface area contributed by atoms with Gasteiger partial charge in [-0.2, -0.15) is 0 Å². The molecular weight excluding hydrogens is 500 g/mol. The summed E-state index contributed by atoms with van der Waals surface area (Å²) in [6, 6.07) is 0.931. The number of nitrogens with two attached hydrogens (primary N) is 3. The minimum atomic E-state index is -1.66. The molecule has 38 heavy (non-hydrogen) atoms. The number of rotatable bonds is 17. The molecule has 0 aliphatic rings. The van der Waals surface area contributed by atoms with Crippen molar-refractivity contribution < 1.29 is 39.3 Å². The Bertz CT molecular complexity index is 956. The minimum absolute atomic E-state index is 0.0569. The molecule has 1 rings (SSSR count). The van der Waals surface area contributed by atoms with Crippen LogP contribution in [-0.2, 0) is 30.4 Å². The van der Waals surface area contributed by atoms with E-state index in [0.29, 0.717) is 24.9 Å². The predicted octanol–water partition coefficient (Wildman–Crippen LogP) is -2.42. The topological polar surface area (TPSA) is 260 Å². The van der Waals surface area contributed by atoms with Gasteiger partial charge in [0.05, 0.1) is 12.1 Å². The third-order valence-corrected chi connectivity index (χ3v) is 5.67. The number of aliphatic hydroxyl groups is 1. The maximum absolute atomic E-state index is 13.1. The third kappa shape index (κ3) is 11.5. The van der Waals surface area contributed by atoms with Crippen molar-refractivity contribution in [2.45, 2.75) is 75.7 Å². The van der Waals surface area contributed by atoms with Crippen LogP contribution in [0.1, 0.15) is 44.6 Å². The van der Waals surface area contributed by atoms with Crippen molar-refractivity contribution in [2.75, 3.05) is 6.54 Å². The number of phenolic OH excluding ortho intramolecular Hbond substituents is 1. The number of aliphatic hydroxyl groups excluding tert-OH is 1. The number of carbonyl (C=O) groups is 5. The molecule has 212 valence electrons. The van der Waals surface area contributed by atoms with Gasteiger partial charge in [-0.15, -0.1) is 0 Å². The van der Waals surface area contributed by atoms with E-state index in [9.17, 15) is 39.3 Å². The molecule has 0 aromatic heterocycles. The number of aliphatic carboxylic acids is 1. The smallest absolute Gasteiger partial charge is 0.328 e. The Morgan fingerprint density at radius 2 is 1.45 bits per heavy atom. The summed E-state index contributed by atoms with van der Waals surface area (Å²) >= 11 is 0. The van der Waals surface area contributed by atoms with Crippen LogP contribution in [0.2, 0.25) is 0 Å². The lowest BCUT2D eigenvalue weighted by Gasteiger charge is -2.25. The average molecular weight is 539 g/mol. The minimum Gasteiger partial charge on any atom is -0.508 e. The standard InChI is InChI=1S/C24H38N6O8/c1-13(31)20(24(37)38)30-23(36)18(9-10-19(27)33)29-22(35)17(4-2-3-11-25)28-21(34)16(26)12-14-5-7-15(32)8-6-14/h5-8,13,16-18,20,31-32H,2-4,9-12,25-26H2,1H3,(H2,27,33)(H,28,34)(H,29,35)(H,30,36)(H,37,38). The maximum atomic E-state index is 13.1. The van der Waals surface area contributed by atoms with Crippen LogP contribution in [0.3, 0.4) is 0 Å². The van der Waals surface area contributed by atoms with E-state index in [1.165, 1.54) is 19.1 Å². The fourth-order valence-electron chi connectivity index (χ4n) is 3.49. The van der Waals surface area contributed by atoms with Crippen LogP contribution in [-0.4, -0.2) is 81.7 Å². The van der Waals surface area contributed by atoms with Crippen LogP contribution in [0.15, 0.2) is 24.3 Å². The van der Waals surface area contributed by atoms with Crippen molar-refractivity contribution >= 4 is 29.6 Å². The van der Waals surface area contributed by atoms with Crippen LogP contribution in [0.5, 0.6) is 5.75 Å². The molecule has 5 atom stereocenters. The SMILES string of the molecule is CC(O)C(NC(=O)C(CCC(N)=O)NC(=O)C(CCCCN)NC(=O)C(N)Cc1ccc(O)cc1)C(=O)O. The number of hydrogen-bond donors (Lipinski definition) is 9. The summed E-state index contributed by atoms with van der Waals surface area (Å²) in [6.45, 7) is 1.52. The van der Waals surface area contributed by atoms with Gasteiger partial charge in [0.15, 0.2) is 6.04 Å². The zero-order valence-corrected chi connectivity index (χ0v) is 21.3. The first-order chi connectivity index (χ1) is 17.8. The van der Waals surface area contributed by atoms with E-state index < -0.39 is 59.9 Å². The van der Waals surface area contributed by atoms with E-state index in [1.54, 1.807) is 12.1 Å². The molecule has 0 aliphatic heterocycles. The van der Waals surface area contributed by atoms with Crippen LogP contribution in [0, 0.1) is 0 Å². The molecule has 1 aromatic rings. The summed E-state index contributed by atoms with van der Waals surface area (Å²) in [5.74, 6) is -4.55. The average Bonchev–Trinajstić information content (AvgIpc) is 2.84. The first-order valence-corrected chi connectivity index (χ1v) is 12.2. The highest BCUT2D eigenvalue weighted by atomic mass is 16.4. The normalized spacial score (nSPS) is 14.8. The molecule has 14 nitrogen and oxygen atoms in total. The van der Waals surface area contributed by atoms with Crippen LogP contribution in [0.25, 0.3) is 0 Å². The molecule has 12 N–H and O–H groups in total. The van der Waals surface area contributed by atoms with E-state index in [1.807, 2.05) is 0 Å². The first kappa shape index (κ1) is 32.3. The highest BCUT2D eigenvalue weighted by Gasteiger charge is 2.32. The fourth-order valence-corrected chi connectivity index (χ4v) is 3.49. The molecule has 1 aromatic carbocycles. The molecule has 0 fully saturated rings. The predicted molar refractivity (Wildman–Crippen MR) is 136 cm³/mol. The van der Waals surface area contributed by atoms with Gasteiger partial charge in [-0.25, -0.2) is 4.79 Å².